The molecule has 1 heterocycles. The van der Waals surface area contributed by atoms with Crippen molar-refractivity contribution in [3.8, 4) is 0 Å². The first kappa shape index (κ1) is 15.4. The third kappa shape index (κ3) is 3.99. The smallest absolute Gasteiger partial charge is 0.124 e. The fourth-order valence-corrected chi connectivity index (χ4v) is 2.95. The average Bonchev–Trinajstić information content (AvgIpc) is 2.80. The Morgan fingerprint density at radius 2 is 2.25 bits per heavy atom. The molecule has 1 atom stereocenters. The number of aryl methyl sites for hydroxylation is 1. The van der Waals surface area contributed by atoms with Gasteiger partial charge in [-0.15, -0.1) is 5.10 Å². The van der Waals surface area contributed by atoms with Crippen LogP contribution in [0.3, 0.4) is 0 Å². The Balaban J connectivity index is 2.22. The van der Waals surface area contributed by atoms with E-state index in [9.17, 15) is 4.39 Å². The van der Waals surface area contributed by atoms with Gasteiger partial charge in [-0.1, -0.05) is 18.2 Å². The maximum atomic E-state index is 13.2. The summed E-state index contributed by atoms with van der Waals surface area (Å²) in [6.07, 6.45) is 3.71. The fourth-order valence-electron chi connectivity index (χ4n) is 2.09. The summed E-state index contributed by atoms with van der Waals surface area (Å²) in [6.45, 7) is 3.04. The molecule has 0 radical (unpaired) electrons. The van der Waals surface area contributed by atoms with E-state index in [-0.39, 0.29) is 11.9 Å². The molecule has 0 aliphatic carbocycles. The highest BCUT2D eigenvalue weighted by molar-refractivity contribution is 14.1. The van der Waals surface area contributed by atoms with Crippen molar-refractivity contribution in [1.29, 1.82) is 0 Å². The largest absolute Gasteiger partial charge is 0.310 e. The second-order valence-electron chi connectivity index (χ2n) is 4.76. The number of nitrogens with zero attached hydrogens (tertiary/aromatic N) is 3. The van der Waals surface area contributed by atoms with Crippen LogP contribution >= 0.6 is 22.6 Å². The van der Waals surface area contributed by atoms with Gasteiger partial charge in [0.1, 0.15) is 5.82 Å². The van der Waals surface area contributed by atoms with Crippen molar-refractivity contribution in [1.82, 2.24) is 20.3 Å². The van der Waals surface area contributed by atoms with Crippen molar-refractivity contribution in [3.63, 3.8) is 0 Å². The third-order valence-corrected chi connectivity index (χ3v) is 3.98. The molecule has 0 aliphatic heterocycles. The third-order valence-electron chi connectivity index (χ3n) is 3.04. The average molecular weight is 388 g/mol. The Morgan fingerprint density at radius 3 is 2.85 bits per heavy atom. The normalized spacial score (nSPS) is 12.6. The van der Waals surface area contributed by atoms with Crippen LogP contribution in [0.15, 0.2) is 24.4 Å². The SMILES string of the molecule is CCCNC(Cc1cn(C)nn1)c1ccc(F)cc1I. The minimum Gasteiger partial charge on any atom is -0.310 e. The Labute approximate surface area is 131 Å². The lowest BCUT2D eigenvalue weighted by molar-refractivity contribution is 0.520. The Bertz CT molecular complexity index is 570. The molecule has 1 N–H and O–H groups in total. The van der Waals surface area contributed by atoms with Crippen LogP contribution < -0.4 is 5.32 Å². The van der Waals surface area contributed by atoms with E-state index < -0.39 is 0 Å². The number of benzene rings is 1. The van der Waals surface area contributed by atoms with E-state index in [1.807, 2.05) is 19.3 Å². The molecule has 0 spiro atoms. The molecule has 0 bridgehead atoms. The molecule has 2 aromatic rings. The molecule has 1 aromatic heterocycles. The molecular formula is C14H18FIN4. The summed E-state index contributed by atoms with van der Waals surface area (Å²) < 4.78 is 15.9. The van der Waals surface area contributed by atoms with Crippen LogP contribution in [0, 0.1) is 9.39 Å². The summed E-state index contributed by atoms with van der Waals surface area (Å²) in [6, 6.07) is 5.04. The number of aromatic nitrogens is 3. The number of hydrogen-bond donors (Lipinski definition) is 1. The van der Waals surface area contributed by atoms with Gasteiger partial charge in [0.05, 0.1) is 5.69 Å². The molecule has 1 unspecified atom stereocenters. The second-order valence-corrected chi connectivity index (χ2v) is 5.92. The van der Waals surface area contributed by atoms with E-state index in [2.05, 4.69) is 45.1 Å². The molecule has 1 aromatic carbocycles. The van der Waals surface area contributed by atoms with Gasteiger partial charge in [-0.25, -0.2) is 4.39 Å². The van der Waals surface area contributed by atoms with Gasteiger partial charge in [0.2, 0.25) is 0 Å². The van der Waals surface area contributed by atoms with Gasteiger partial charge in [-0.05, 0) is 53.3 Å². The van der Waals surface area contributed by atoms with Gasteiger partial charge in [-0.3, -0.25) is 4.68 Å². The quantitative estimate of drug-likeness (QED) is 0.775. The van der Waals surface area contributed by atoms with Crippen molar-refractivity contribution in [2.45, 2.75) is 25.8 Å². The first-order chi connectivity index (χ1) is 9.60. The molecule has 0 saturated carbocycles. The zero-order valence-electron chi connectivity index (χ0n) is 11.6. The van der Waals surface area contributed by atoms with Crippen LogP contribution in [0.1, 0.15) is 30.6 Å². The molecule has 0 aliphatic rings. The Kier molecular flexibility index (Phi) is 5.47. The molecule has 0 fully saturated rings. The number of nitrogens with one attached hydrogen (secondary N) is 1. The summed E-state index contributed by atoms with van der Waals surface area (Å²) in [4.78, 5) is 0. The highest BCUT2D eigenvalue weighted by Gasteiger charge is 2.16. The molecule has 0 amide bonds. The van der Waals surface area contributed by atoms with Crippen LogP contribution in [0.2, 0.25) is 0 Å². The van der Waals surface area contributed by atoms with Crippen LogP contribution in [-0.4, -0.2) is 21.5 Å². The lowest BCUT2D eigenvalue weighted by Crippen LogP contribution is -2.25. The van der Waals surface area contributed by atoms with Crippen LogP contribution in [0.5, 0.6) is 0 Å². The van der Waals surface area contributed by atoms with Crippen molar-refractivity contribution >= 4 is 22.6 Å². The lowest BCUT2D eigenvalue weighted by Gasteiger charge is -2.19. The van der Waals surface area contributed by atoms with Crippen LogP contribution in [0.4, 0.5) is 4.39 Å². The summed E-state index contributed by atoms with van der Waals surface area (Å²) >= 11 is 2.18. The maximum absolute atomic E-state index is 13.2. The predicted molar refractivity (Wildman–Crippen MR) is 84.9 cm³/mol. The summed E-state index contributed by atoms with van der Waals surface area (Å²) in [5.74, 6) is -0.202. The summed E-state index contributed by atoms with van der Waals surface area (Å²) in [7, 11) is 1.85. The van der Waals surface area contributed by atoms with Crippen molar-refractivity contribution < 1.29 is 4.39 Å². The van der Waals surface area contributed by atoms with Gasteiger partial charge in [0.25, 0.3) is 0 Å². The first-order valence-corrected chi connectivity index (χ1v) is 7.71. The zero-order valence-corrected chi connectivity index (χ0v) is 13.8. The Morgan fingerprint density at radius 1 is 1.45 bits per heavy atom. The van der Waals surface area contributed by atoms with Gasteiger partial charge in [-0.2, -0.15) is 0 Å². The molecule has 108 valence electrons. The summed E-state index contributed by atoms with van der Waals surface area (Å²) in [5, 5.41) is 11.6. The van der Waals surface area contributed by atoms with E-state index in [1.165, 1.54) is 6.07 Å². The van der Waals surface area contributed by atoms with Gasteiger partial charge in [0, 0.05) is 29.3 Å². The number of hydrogen-bond acceptors (Lipinski definition) is 3. The van der Waals surface area contributed by atoms with Gasteiger partial charge >= 0.3 is 0 Å². The standard InChI is InChI=1S/C14H18FIN4/c1-3-6-17-14(8-11-9-20(2)19-18-11)12-5-4-10(15)7-13(12)16/h4-5,7,9,14,17H,3,6,8H2,1-2H3. The van der Waals surface area contributed by atoms with Gasteiger partial charge in [0.15, 0.2) is 0 Å². The molecule has 6 heteroatoms. The van der Waals surface area contributed by atoms with Crippen molar-refractivity contribution in [2.24, 2.45) is 7.05 Å². The lowest BCUT2D eigenvalue weighted by atomic mass is 10.0. The fraction of sp³-hybridized carbons (Fsp3) is 0.429. The second kappa shape index (κ2) is 7.12. The minimum atomic E-state index is -0.202. The maximum Gasteiger partial charge on any atom is 0.124 e. The molecular weight excluding hydrogens is 370 g/mol. The van der Waals surface area contributed by atoms with E-state index in [1.54, 1.807) is 10.7 Å². The highest BCUT2D eigenvalue weighted by atomic mass is 127. The zero-order chi connectivity index (χ0) is 14.5. The molecule has 2 rings (SSSR count). The molecule has 0 saturated heterocycles. The van der Waals surface area contributed by atoms with E-state index in [4.69, 9.17) is 0 Å². The van der Waals surface area contributed by atoms with Crippen LogP contribution in [0.25, 0.3) is 0 Å². The van der Waals surface area contributed by atoms with Crippen molar-refractivity contribution in [2.75, 3.05) is 6.54 Å². The molecule has 20 heavy (non-hydrogen) atoms. The first-order valence-electron chi connectivity index (χ1n) is 6.63. The predicted octanol–water partition coefficient (Wildman–Crippen LogP) is 2.84. The van der Waals surface area contributed by atoms with E-state index in [0.29, 0.717) is 0 Å². The Hall–Kier alpha value is -1.02. The number of halogens is 2. The topological polar surface area (TPSA) is 42.7 Å². The van der Waals surface area contributed by atoms with Crippen molar-refractivity contribution in [3.05, 3.63) is 45.0 Å². The molecule has 4 nitrogen and oxygen atoms in total. The summed E-state index contributed by atoms with van der Waals surface area (Å²) in [5.41, 5.74) is 2.03. The monoisotopic (exact) mass is 388 g/mol. The number of rotatable bonds is 6. The van der Waals surface area contributed by atoms with E-state index in [0.717, 1.165) is 34.2 Å². The highest BCUT2D eigenvalue weighted by Crippen LogP contribution is 2.23. The van der Waals surface area contributed by atoms with E-state index >= 15 is 0 Å². The minimum absolute atomic E-state index is 0.124. The van der Waals surface area contributed by atoms with Gasteiger partial charge < -0.3 is 5.32 Å². The van der Waals surface area contributed by atoms with Crippen LogP contribution in [-0.2, 0) is 13.5 Å².